The van der Waals surface area contributed by atoms with E-state index in [4.69, 9.17) is 11.6 Å². The van der Waals surface area contributed by atoms with E-state index in [0.29, 0.717) is 11.3 Å². The predicted octanol–water partition coefficient (Wildman–Crippen LogP) is 3.14. The largest absolute Gasteiger partial charge is 0.290 e. The van der Waals surface area contributed by atoms with Crippen LogP contribution in [0.3, 0.4) is 0 Å². The number of rotatable bonds is 2. The number of nitrogens with one attached hydrogen (secondary N) is 1. The van der Waals surface area contributed by atoms with E-state index in [1.165, 1.54) is 18.2 Å². The molecular formula is C13H11ClFN3O. The first-order chi connectivity index (χ1) is 8.95. The third-order valence-corrected chi connectivity index (χ3v) is 2.68. The van der Waals surface area contributed by atoms with Crippen molar-refractivity contribution in [2.45, 2.75) is 13.8 Å². The molecule has 0 saturated carbocycles. The van der Waals surface area contributed by atoms with Gasteiger partial charge < -0.3 is 0 Å². The molecule has 1 aromatic carbocycles. The SMILES string of the molecule is Cc1cc(Cl)nc(NC(=O)c2ccc(C)c(F)c2)n1. The van der Waals surface area contributed by atoms with E-state index in [0.717, 1.165) is 0 Å². The number of nitrogens with zero attached hydrogens (tertiary/aromatic N) is 2. The number of anilines is 1. The van der Waals surface area contributed by atoms with Crippen LogP contribution in [0.5, 0.6) is 0 Å². The lowest BCUT2D eigenvalue weighted by molar-refractivity contribution is 0.102. The number of carbonyl (C=O) groups is 1. The standard InChI is InChI=1S/C13H11ClFN3O/c1-7-3-4-9(6-10(7)15)12(19)18-13-16-8(2)5-11(14)17-13/h3-6H,1-2H3,(H,16,17,18,19). The van der Waals surface area contributed by atoms with E-state index < -0.39 is 11.7 Å². The van der Waals surface area contributed by atoms with Gasteiger partial charge in [0, 0.05) is 11.3 Å². The molecule has 2 aromatic rings. The maximum absolute atomic E-state index is 13.4. The van der Waals surface area contributed by atoms with Gasteiger partial charge in [-0.3, -0.25) is 10.1 Å². The molecule has 1 aromatic heterocycles. The molecule has 1 heterocycles. The molecule has 0 aliphatic carbocycles. The molecule has 98 valence electrons. The van der Waals surface area contributed by atoms with Crippen LogP contribution in [0.1, 0.15) is 21.6 Å². The fourth-order valence-electron chi connectivity index (χ4n) is 1.49. The number of aromatic nitrogens is 2. The summed E-state index contributed by atoms with van der Waals surface area (Å²) in [6.07, 6.45) is 0. The number of hydrogen-bond donors (Lipinski definition) is 1. The summed E-state index contributed by atoms with van der Waals surface area (Å²) in [6.45, 7) is 3.36. The van der Waals surface area contributed by atoms with Crippen LogP contribution in [0.2, 0.25) is 5.15 Å². The molecular weight excluding hydrogens is 269 g/mol. The second-order valence-electron chi connectivity index (χ2n) is 4.07. The first-order valence-corrected chi connectivity index (χ1v) is 5.92. The second kappa shape index (κ2) is 5.32. The smallest absolute Gasteiger partial charge is 0.258 e. The Morgan fingerprint density at radius 2 is 2.00 bits per heavy atom. The molecule has 1 N–H and O–H groups in total. The zero-order chi connectivity index (χ0) is 14.0. The molecule has 2 rings (SSSR count). The van der Waals surface area contributed by atoms with Gasteiger partial charge in [-0.05, 0) is 37.6 Å². The Kier molecular flexibility index (Phi) is 3.76. The van der Waals surface area contributed by atoms with Crippen LogP contribution in [0.25, 0.3) is 0 Å². The molecule has 0 spiro atoms. The van der Waals surface area contributed by atoms with Gasteiger partial charge >= 0.3 is 0 Å². The van der Waals surface area contributed by atoms with Crippen LogP contribution in [0, 0.1) is 19.7 Å². The average Bonchev–Trinajstić information content (AvgIpc) is 2.31. The summed E-state index contributed by atoms with van der Waals surface area (Å²) < 4.78 is 13.4. The van der Waals surface area contributed by atoms with E-state index >= 15 is 0 Å². The molecule has 0 bridgehead atoms. The van der Waals surface area contributed by atoms with Crippen molar-refractivity contribution in [2.75, 3.05) is 5.32 Å². The third-order valence-electron chi connectivity index (χ3n) is 2.48. The molecule has 0 aliphatic heterocycles. The molecule has 4 nitrogen and oxygen atoms in total. The lowest BCUT2D eigenvalue weighted by Crippen LogP contribution is -2.15. The van der Waals surface area contributed by atoms with Crippen molar-refractivity contribution in [1.82, 2.24) is 9.97 Å². The summed E-state index contributed by atoms with van der Waals surface area (Å²) in [7, 11) is 0. The molecule has 0 atom stereocenters. The molecule has 1 amide bonds. The number of amides is 1. The second-order valence-corrected chi connectivity index (χ2v) is 4.46. The van der Waals surface area contributed by atoms with Gasteiger partial charge in [-0.25, -0.2) is 14.4 Å². The van der Waals surface area contributed by atoms with Crippen molar-refractivity contribution in [3.63, 3.8) is 0 Å². The minimum absolute atomic E-state index is 0.0935. The number of halogens is 2. The van der Waals surface area contributed by atoms with Crippen LogP contribution < -0.4 is 5.32 Å². The topological polar surface area (TPSA) is 54.9 Å². The number of aryl methyl sites for hydroxylation is 2. The van der Waals surface area contributed by atoms with Gasteiger partial charge in [0.1, 0.15) is 11.0 Å². The lowest BCUT2D eigenvalue weighted by Gasteiger charge is -2.05. The molecule has 0 fully saturated rings. The normalized spacial score (nSPS) is 10.3. The van der Waals surface area contributed by atoms with Crippen LogP contribution >= 0.6 is 11.6 Å². The highest BCUT2D eigenvalue weighted by molar-refractivity contribution is 6.29. The van der Waals surface area contributed by atoms with Crippen molar-refractivity contribution in [1.29, 1.82) is 0 Å². The van der Waals surface area contributed by atoms with E-state index in [9.17, 15) is 9.18 Å². The minimum atomic E-state index is -0.486. The van der Waals surface area contributed by atoms with Gasteiger partial charge in [-0.1, -0.05) is 17.7 Å². The van der Waals surface area contributed by atoms with Gasteiger partial charge in [0.2, 0.25) is 5.95 Å². The van der Waals surface area contributed by atoms with Crippen LogP contribution in [0.15, 0.2) is 24.3 Å². The molecule has 0 aliphatic rings. The molecule has 6 heteroatoms. The fourth-order valence-corrected chi connectivity index (χ4v) is 1.73. The van der Waals surface area contributed by atoms with Crippen molar-refractivity contribution >= 4 is 23.5 Å². The van der Waals surface area contributed by atoms with Gasteiger partial charge in [-0.2, -0.15) is 0 Å². The summed E-state index contributed by atoms with van der Waals surface area (Å²) in [4.78, 5) is 19.8. The van der Waals surface area contributed by atoms with E-state index in [1.54, 1.807) is 19.9 Å². The highest BCUT2D eigenvalue weighted by Gasteiger charge is 2.10. The summed E-state index contributed by atoms with van der Waals surface area (Å²) in [6, 6.07) is 5.81. The molecule has 19 heavy (non-hydrogen) atoms. The Hall–Kier alpha value is -2.01. The maximum Gasteiger partial charge on any atom is 0.258 e. The van der Waals surface area contributed by atoms with Gasteiger partial charge in [0.25, 0.3) is 5.91 Å². The highest BCUT2D eigenvalue weighted by Crippen LogP contribution is 2.13. The molecule has 0 radical (unpaired) electrons. The van der Waals surface area contributed by atoms with E-state index in [1.807, 2.05) is 0 Å². The monoisotopic (exact) mass is 279 g/mol. The summed E-state index contributed by atoms with van der Waals surface area (Å²) in [5.41, 5.74) is 1.31. The first kappa shape index (κ1) is 13.4. The molecule has 0 saturated heterocycles. The Morgan fingerprint density at radius 3 is 2.63 bits per heavy atom. The molecule has 0 unspecified atom stereocenters. The Balaban J connectivity index is 2.22. The Labute approximate surface area is 114 Å². The van der Waals surface area contributed by atoms with Crippen molar-refractivity contribution in [2.24, 2.45) is 0 Å². The quantitative estimate of drug-likeness (QED) is 0.859. The van der Waals surface area contributed by atoms with Gasteiger partial charge in [-0.15, -0.1) is 0 Å². The van der Waals surface area contributed by atoms with Crippen LogP contribution in [0.4, 0.5) is 10.3 Å². The third kappa shape index (κ3) is 3.26. The number of hydrogen-bond acceptors (Lipinski definition) is 3. The predicted molar refractivity (Wildman–Crippen MR) is 70.9 cm³/mol. The number of carbonyl (C=O) groups excluding carboxylic acids is 1. The van der Waals surface area contributed by atoms with E-state index in [-0.39, 0.29) is 16.7 Å². The zero-order valence-corrected chi connectivity index (χ0v) is 11.1. The van der Waals surface area contributed by atoms with Gasteiger partial charge in [0.15, 0.2) is 0 Å². The highest BCUT2D eigenvalue weighted by atomic mass is 35.5. The van der Waals surface area contributed by atoms with E-state index in [2.05, 4.69) is 15.3 Å². The minimum Gasteiger partial charge on any atom is -0.290 e. The Bertz CT molecular complexity index is 626. The lowest BCUT2D eigenvalue weighted by atomic mass is 10.1. The van der Waals surface area contributed by atoms with Crippen molar-refractivity contribution in [3.8, 4) is 0 Å². The van der Waals surface area contributed by atoms with Crippen LogP contribution in [-0.4, -0.2) is 15.9 Å². The zero-order valence-electron chi connectivity index (χ0n) is 10.4. The first-order valence-electron chi connectivity index (χ1n) is 5.54. The summed E-state index contributed by atoms with van der Waals surface area (Å²) in [5, 5.41) is 2.71. The average molecular weight is 280 g/mol. The summed E-state index contributed by atoms with van der Waals surface area (Å²) >= 11 is 5.76. The Morgan fingerprint density at radius 1 is 1.26 bits per heavy atom. The maximum atomic E-state index is 13.4. The fraction of sp³-hybridized carbons (Fsp3) is 0.154. The van der Waals surface area contributed by atoms with Crippen molar-refractivity contribution in [3.05, 3.63) is 52.1 Å². The van der Waals surface area contributed by atoms with Crippen molar-refractivity contribution < 1.29 is 9.18 Å². The van der Waals surface area contributed by atoms with Gasteiger partial charge in [0.05, 0.1) is 0 Å². The summed E-state index contributed by atoms with van der Waals surface area (Å²) in [5.74, 6) is -0.826. The van der Waals surface area contributed by atoms with Crippen LogP contribution in [-0.2, 0) is 0 Å². The number of benzene rings is 1.